The Morgan fingerprint density at radius 2 is 1.72 bits per heavy atom. The number of anilines is 2. The zero-order valence-corrected chi connectivity index (χ0v) is 17.1. The van der Waals surface area contributed by atoms with E-state index in [2.05, 4.69) is 45.2 Å². The Bertz CT molecular complexity index is 1100. The fourth-order valence-electron chi connectivity index (χ4n) is 4.66. The summed E-state index contributed by atoms with van der Waals surface area (Å²) in [5.74, 6) is 1.14. The van der Waals surface area contributed by atoms with Crippen LogP contribution in [0.15, 0.2) is 24.3 Å². The summed E-state index contributed by atoms with van der Waals surface area (Å²) in [6.07, 6.45) is 0. The number of para-hydroxylation sites is 2. The first kappa shape index (κ1) is 18.2. The molecule has 0 radical (unpaired) electrons. The van der Waals surface area contributed by atoms with Crippen LogP contribution in [-0.4, -0.2) is 73.8 Å². The van der Waals surface area contributed by atoms with Crippen molar-refractivity contribution in [3.63, 3.8) is 0 Å². The lowest BCUT2D eigenvalue weighted by atomic mass is 10.1. The first-order valence-corrected chi connectivity index (χ1v) is 10.3. The van der Waals surface area contributed by atoms with Gasteiger partial charge in [0.25, 0.3) is 0 Å². The Balaban J connectivity index is 1.82. The molecule has 2 saturated heterocycles. The van der Waals surface area contributed by atoms with E-state index in [1.54, 1.807) is 0 Å². The second-order valence-corrected chi connectivity index (χ2v) is 7.93. The fourth-order valence-corrected chi connectivity index (χ4v) is 4.66. The third-order valence-corrected chi connectivity index (χ3v) is 6.17. The third kappa shape index (κ3) is 2.91. The van der Waals surface area contributed by atoms with Crippen molar-refractivity contribution in [3.05, 3.63) is 35.4 Å². The maximum Gasteiger partial charge on any atom is 0.159 e. The van der Waals surface area contributed by atoms with Gasteiger partial charge in [0.2, 0.25) is 0 Å². The van der Waals surface area contributed by atoms with Crippen molar-refractivity contribution in [2.45, 2.75) is 6.92 Å². The summed E-state index contributed by atoms with van der Waals surface area (Å²) in [4.78, 5) is 12.0. The average molecular weight is 390 g/mol. The number of nitriles is 1. The number of morpholine rings is 1. The van der Waals surface area contributed by atoms with E-state index >= 15 is 0 Å². The average Bonchev–Trinajstić information content (AvgIpc) is 3.13. The molecule has 29 heavy (non-hydrogen) atoms. The molecule has 150 valence electrons. The van der Waals surface area contributed by atoms with Gasteiger partial charge in [-0.3, -0.25) is 4.40 Å². The normalized spacial score (nSPS) is 18.5. The molecule has 0 aliphatic carbocycles. The number of rotatable bonds is 2. The molecule has 0 unspecified atom stereocenters. The molecule has 7 heteroatoms. The number of aromatic nitrogens is 2. The van der Waals surface area contributed by atoms with Crippen LogP contribution in [0.25, 0.3) is 16.7 Å². The number of imidazole rings is 1. The predicted molar refractivity (Wildman–Crippen MR) is 115 cm³/mol. The minimum Gasteiger partial charge on any atom is -0.378 e. The third-order valence-electron chi connectivity index (χ3n) is 6.17. The van der Waals surface area contributed by atoms with E-state index in [0.29, 0.717) is 5.56 Å². The first-order valence-electron chi connectivity index (χ1n) is 10.3. The van der Waals surface area contributed by atoms with Gasteiger partial charge >= 0.3 is 0 Å². The molecule has 3 aromatic rings. The van der Waals surface area contributed by atoms with Gasteiger partial charge in [0, 0.05) is 44.8 Å². The zero-order valence-electron chi connectivity index (χ0n) is 17.1. The number of hydrogen-bond acceptors (Lipinski definition) is 6. The summed E-state index contributed by atoms with van der Waals surface area (Å²) in [5, 5.41) is 10.2. The second-order valence-electron chi connectivity index (χ2n) is 7.93. The van der Waals surface area contributed by atoms with Crippen molar-refractivity contribution in [2.75, 3.05) is 69.3 Å². The molecule has 0 saturated carbocycles. The molecule has 0 amide bonds. The lowest BCUT2D eigenvalue weighted by Crippen LogP contribution is -2.45. The highest BCUT2D eigenvalue weighted by molar-refractivity contribution is 5.90. The predicted octanol–water partition coefficient (Wildman–Crippen LogP) is 2.26. The molecular formula is C22H26N6O. The number of ether oxygens (including phenoxy) is 1. The second kappa shape index (κ2) is 7.21. The minimum atomic E-state index is 0.681. The highest BCUT2D eigenvalue weighted by Crippen LogP contribution is 2.38. The standard InChI is InChI=1S/C22H26N6O/c1-16-20(26-9-7-25(2)8-10-26)17(15-23)21-24-18-5-3-4-6-19(18)28(21)22(16)27-11-13-29-14-12-27/h3-6H,7-14H2,1-2H3. The van der Waals surface area contributed by atoms with Crippen LogP contribution in [0.2, 0.25) is 0 Å². The zero-order chi connectivity index (χ0) is 20.0. The van der Waals surface area contributed by atoms with Gasteiger partial charge in [0.05, 0.1) is 29.9 Å². The maximum atomic E-state index is 10.2. The first-order chi connectivity index (χ1) is 14.2. The summed E-state index contributed by atoms with van der Waals surface area (Å²) in [5.41, 5.74) is 5.62. The van der Waals surface area contributed by atoms with Crippen LogP contribution in [0.4, 0.5) is 11.5 Å². The van der Waals surface area contributed by atoms with Crippen molar-refractivity contribution in [2.24, 2.45) is 0 Å². The van der Waals surface area contributed by atoms with Crippen LogP contribution >= 0.6 is 0 Å². The van der Waals surface area contributed by atoms with Crippen molar-refractivity contribution >= 4 is 28.2 Å². The fraction of sp³-hybridized carbons (Fsp3) is 0.455. The summed E-state index contributed by atoms with van der Waals surface area (Å²) < 4.78 is 7.80. The lowest BCUT2D eigenvalue weighted by molar-refractivity contribution is 0.122. The van der Waals surface area contributed by atoms with Crippen molar-refractivity contribution in [1.29, 1.82) is 5.26 Å². The van der Waals surface area contributed by atoms with Crippen LogP contribution in [0.3, 0.4) is 0 Å². The van der Waals surface area contributed by atoms with E-state index in [9.17, 15) is 5.26 Å². The number of piperazine rings is 1. The Kier molecular flexibility index (Phi) is 4.53. The minimum absolute atomic E-state index is 0.681. The summed E-state index contributed by atoms with van der Waals surface area (Å²) >= 11 is 0. The smallest absolute Gasteiger partial charge is 0.159 e. The molecule has 2 aromatic heterocycles. The molecule has 7 nitrogen and oxygen atoms in total. The van der Waals surface area contributed by atoms with Crippen molar-refractivity contribution < 1.29 is 4.74 Å². The molecular weight excluding hydrogens is 364 g/mol. The number of fused-ring (bicyclic) bond motifs is 3. The van der Waals surface area contributed by atoms with Crippen LogP contribution < -0.4 is 9.80 Å². The topological polar surface area (TPSA) is 60.0 Å². The molecule has 5 rings (SSSR count). The van der Waals surface area contributed by atoms with Gasteiger partial charge in [-0.1, -0.05) is 12.1 Å². The highest BCUT2D eigenvalue weighted by Gasteiger charge is 2.28. The molecule has 1 aromatic carbocycles. The number of pyridine rings is 1. The van der Waals surface area contributed by atoms with Gasteiger partial charge in [-0.25, -0.2) is 4.98 Å². The maximum absolute atomic E-state index is 10.2. The number of likely N-dealkylation sites (N-methyl/N-ethyl adjacent to an activating group) is 1. The van der Waals surface area contributed by atoms with E-state index in [4.69, 9.17) is 9.72 Å². The number of benzene rings is 1. The molecule has 0 N–H and O–H groups in total. The number of nitrogens with zero attached hydrogens (tertiary/aromatic N) is 6. The quantitative estimate of drug-likeness (QED) is 0.669. The van der Waals surface area contributed by atoms with Gasteiger partial charge in [-0.15, -0.1) is 0 Å². The van der Waals surface area contributed by atoms with Crippen LogP contribution in [0, 0.1) is 18.3 Å². The van der Waals surface area contributed by atoms with E-state index < -0.39 is 0 Å². The summed E-state index contributed by atoms with van der Waals surface area (Å²) in [6.45, 7) is 9.13. The van der Waals surface area contributed by atoms with Gasteiger partial charge in [0.15, 0.2) is 5.65 Å². The van der Waals surface area contributed by atoms with E-state index in [1.165, 1.54) is 0 Å². The Morgan fingerprint density at radius 1 is 1.00 bits per heavy atom. The monoisotopic (exact) mass is 390 g/mol. The van der Waals surface area contributed by atoms with Crippen LogP contribution in [0.5, 0.6) is 0 Å². The largest absolute Gasteiger partial charge is 0.378 e. The Labute approximate surface area is 170 Å². The SMILES string of the molecule is Cc1c(N2CCN(C)CC2)c(C#N)c2nc3ccccc3n2c1N1CCOCC1. The van der Waals surface area contributed by atoms with Gasteiger partial charge < -0.3 is 19.4 Å². The summed E-state index contributed by atoms with van der Waals surface area (Å²) in [7, 11) is 2.15. The highest BCUT2D eigenvalue weighted by atomic mass is 16.5. The van der Waals surface area contributed by atoms with E-state index in [-0.39, 0.29) is 0 Å². The van der Waals surface area contributed by atoms with Crippen molar-refractivity contribution in [3.8, 4) is 6.07 Å². The summed E-state index contributed by atoms with van der Waals surface area (Å²) in [6, 6.07) is 10.7. The van der Waals surface area contributed by atoms with Crippen LogP contribution in [0.1, 0.15) is 11.1 Å². The molecule has 4 heterocycles. The molecule has 2 aliphatic heterocycles. The lowest BCUT2D eigenvalue weighted by Gasteiger charge is -2.37. The van der Waals surface area contributed by atoms with Crippen LogP contribution in [-0.2, 0) is 4.74 Å². The molecule has 0 spiro atoms. The number of hydrogen-bond donors (Lipinski definition) is 0. The van der Waals surface area contributed by atoms with E-state index in [0.717, 1.165) is 86.2 Å². The molecule has 0 atom stereocenters. The van der Waals surface area contributed by atoms with Crippen molar-refractivity contribution in [1.82, 2.24) is 14.3 Å². The van der Waals surface area contributed by atoms with Gasteiger partial charge in [-0.2, -0.15) is 5.26 Å². The molecule has 2 aliphatic rings. The molecule has 0 bridgehead atoms. The van der Waals surface area contributed by atoms with E-state index in [1.807, 2.05) is 18.2 Å². The Hall–Kier alpha value is -2.82. The van der Waals surface area contributed by atoms with Gasteiger partial charge in [0.1, 0.15) is 17.5 Å². The molecule has 2 fully saturated rings. The van der Waals surface area contributed by atoms with Gasteiger partial charge in [-0.05, 0) is 26.1 Å². The Morgan fingerprint density at radius 3 is 2.45 bits per heavy atom.